The molecule has 0 atom stereocenters. The fraction of sp³-hybridized carbons (Fsp3) is 0.250. The second-order valence-corrected chi connectivity index (χ2v) is 2.86. The molecule has 3 nitrogen and oxygen atoms in total. The van der Waals surface area contributed by atoms with Crippen LogP contribution in [-0.2, 0) is 5.33 Å². The summed E-state index contributed by atoms with van der Waals surface area (Å²) in [5.74, 6) is -0.101. The van der Waals surface area contributed by atoms with Crippen LogP contribution < -0.4 is 4.74 Å². The van der Waals surface area contributed by atoms with Crippen molar-refractivity contribution in [2.24, 2.45) is 0 Å². The van der Waals surface area contributed by atoms with Gasteiger partial charge in [-0.25, -0.2) is 0 Å². The van der Waals surface area contributed by atoms with E-state index in [0.717, 1.165) is 5.56 Å². The van der Waals surface area contributed by atoms with Gasteiger partial charge in [-0.05, 0) is 17.7 Å². The molecule has 12 heavy (non-hydrogen) atoms. The first-order chi connectivity index (χ1) is 5.69. The lowest BCUT2D eigenvalue weighted by molar-refractivity contribution is 0.350. The van der Waals surface area contributed by atoms with Crippen molar-refractivity contribution in [3.63, 3.8) is 0 Å². The largest absolute Gasteiger partial charge is 0.504 e. The molecule has 0 aliphatic heterocycles. The highest BCUT2D eigenvalue weighted by Gasteiger charge is 2.08. The number of phenolic OH excluding ortho intramolecular Hbond substituents is 2. The average molecular weight is 233 g/mol. The molecule has 2 N–H and O–H groups in total. The lowest BCUT2D eigenvalue weighted by Gasteiger charge is -2.06. The van der Waals surface area contributed by atoms with Crippen LogP contribution >= 0.6 is 15.9 Å². The molecule has 4 heteroatoms. The van der Waals surface area contributed by atoms with Gasteiger partial charge in [0.25, 0.3) is 0 Å². The van der Waals surface area contributed by atoms with Crippen LogP contribution in [0.5, 0.6) is 17.2 Å². The molecule has 0 aliphatic carbocycles. The van der Waals surface area contributed by atoms with Gasteiger partial charge >= 0.3 is 0 Å². The quantitative estimate of drug-likeness (QED) is 0.606. The van der Waals surface area contributed by atoms with Gasteiger partial charge in [-0.1, -0.05) is 15.9 Å². The van der Waals surface area contributed by atoms with Crippen molar-refractivity contribution in [3.05, 3.63) is 17.7 Å². The van der Waals surface area contributed by atoms with Crippen LogP contribution in [0.3, 0.4) is 0 Å². The minimum Gasteiger partial charge on any atom is -0.504 e. The average Bonchev–Trinajstić information content (AvgIpc) is 2.09. The number of rotatable bonds is 2. The first-order valence-corrected chi connectivity index (χ1v) is 4.46. The molecule has 0 radical (unpaired) electrons. The Bertz CT molecular complexity index is 286. The first-order valence-electron chi connectivity index (χ1n) is 3.34. The molecule has 1 aromatic rings. The van der Waals surface area contributed by atoms with Gasteiger partial charge in [-0.3, -0.25) is 0 Å². The number of hydrogen-bond donors (Lipinski definition) is 2. The molecule has 0 fully saturated rings. The molecule has 0 heterocycles. The summed E-state index contributed by atoms with van der Waals surface area (Å²) in [6.07, 6.45) is 0. The highest BCUT2D eigenvalue weighted by Crippen LogP contribution is 2.36. The molecule has 0 spiro atoms. The normalized spacial score (nSPS) is 9.83. The third kappa shape index (κ3) is 1.64. The maximum absolute atomic E-state index is 9.23. The Morgan fingerprint density at radius 3 is 2.58 bits per heavy atom. The van der Waals surface area contributed by atoms with E-state index in [1.165, 1.54) is 13.2 Å². The fourth-order valence-corrected chi connectivity index (χ4v) is 1.21. The minimum absolute atomic E-state index is 0.163. The molecule has 0 amide bonds. The Hall–Kier alpha value is -0.900. The van der Waals surface area contributed by atoms with Crippen LogP contribution in [0.4, 0.5) is 0 Å². The second kappa shape index (κ2) is 3.67. The molecule has 0 unspecified atom stereocenters. The van der Waals surface area contributed by atoms with Crippen molar-refractivity contribution in [2.75, 3.05) is 7.11 Å². The van der Waals surface area contributed by atoms with Crippen molar-refractivity contribution < 1.29 is 14.9 Å². The maximum atomic E-state index is 9.23. The zero-order valence-corrected chi connectivity index (χ0v) is 8.13. The standard InChI is InChI=1S/C8H9BrO3/c1-12-7-3-5(4-9)2-6(10)8(7)11/h2-3,10-11H,4H2,1H3. The number of aromatic hydroxyl groups is 2. The van der Waals surface area contributed by atoms with Gasteiger partial charge in [0.2, 0.25) is 5.75 Å². The summed E-state index contributed by atoms with van der Waals surface area (Å²) < 4.78 is 4.84. The van der Waals surface area contributed by atoms with Gasteiger partial charge in [-0.15, -0.1) is 0 Å². The number of ether oxygens (including phenoxy) is 1. The predicted octanol–water partition coefficient (Wildman–Crippen LogP) is 2.00. The fourth-order valence-electron chi connectivity index (χ4n) is 0.881. The predicted molar refractivity (Wildman–Crippen MR) is 49.0 cm³/mol. The van der Waals surface area contributed by atoms with Gasteiger partial charge in [0, 0.05) is 5.33 Å². The second-order valence-electron chi connectivity index (χ2n) is 2.30. The number of methoxy groups -OCH3 is 1. The molecular formula is C8H9BrO3. The number of halogens is 1. The van der Waals surface area contributed by atoms with Crippen molar-refractivity contribution in [3.8, 4) is 17.2 Å². The van der Waals surface area contributed by atoms with Gasteiger partial charge in [-0.2, -0.15) is 0 Å². The SMILES string of the molecule is COc1cc(CBr)cc(O)c1O. The highest BCUT2D eigenvalue weighted by atomic mass is 79.9. The highest BCUT2D eigenvalue weighted by molar-refractivity contribution is 9.08. The van der Waals surface area contributed by atoms with E-state index in [2.05, 4.69) is 15.9 Å². The summed E-state index contributed by atoms with van der Waals surface area (Å²) in [4.78, 5) is 0. The Labute approximate surface area is 78.7 Å². The minimum atomic E-state index is -0.220. The zero-order chi connectivity index (χ0) is 9.14. The summed E-state index contributed by atoms with van der Waals surface area (Å²) in [5.41, 5.74) is 0.849. The van der Waals surface area contributed by atoms with Crippen LogP contribution in [0.15, 0.2) is 12.1 Å². The van der Waals surface area contributed by atoms with Gasteiger partial charge in [0.15, 0.2) is 11.5 Å². The Balaban J connectivity index is 3.19. The van der Waals surface area contributed by atoms with Crippen LogP contribution in [0.25, 0.3) is 0 Å². The lowest BCUT2D eigenvalue weighted by Crippen LogP contribution is -1.86. The molecule has 1 rings (SSSR count). The van der Waals surface area contributed by atoms with Crippen molar-refractivity contribution in [2.45, 2.75) is 5.33 Å². The molecule has 66 valence electrons. The number of hydrogen-bond acceptors (Lipinski definition) is 3. The van der Waals surface area contributed by atoms with Crippen LogP contribution in [-0.4, -0.2) is 17.3 Å². The molecule has 0 saturated heterocycles. The van der Waals surface area contributed by atoms with Crippen LogP contribution in [0.1, 0.15) is 5.56 Å². The summed E-state index contributed by atoms with van der Waals surface area (Å²) >= 11 is 3.23. The van der Waals surface area contributed by atoms with E-state index >= 15 is 0 Å². The topological polar surface area (TPSA) is 49.7 Å². The first kappa shape index (κ1) is 9.19. The molecular weight excluding hydrogens is 224 g/mol. The van der Waals surface area contributed by atoms with Crippen LogP contribution in [0, 0.1) is 0 Å². The number of benzene rings is 1. The van der Waals surface area contributed by atoms with Gasteiger partial charge in [0.05, 0.1) is 7.11 Å². The van der Waals surface area contributed by atoms with Crippen molar-refractivity contribution in [1.82, 2.24) is 0 Å². The van der Waals surface area contributed by atoms with Crippen LogP contribution in [0.2, 0.25) is 0 Å². The summed E-state index contributed by atoms with van der Waals surface area (Å²) in [6, 6.07) is 3.14. The van der Waals surface area contributed by atoms with E-state index in [-0.39, 0.29) is 17.2 Å². The van der Waals surface area contributed by atoms with E-state index in [9.17, 15) is 10.2 Å². The lowest BCUT2D eigenvalue weighted by atomic mass is 10.2. The third-order valence-electron chi connectivity index (χ3n) is 1.49. The molecule has 0 saturated carbocycles. The number of alkyl halides is 1. The molecule has 0 bridgehead atoms. The Kier molecular flexibility index (Phi) is 2.81. The summed E-state index contributed by atoms with van der Waals surface area (Å²) in [6.45, 7) is 0. The number of phenols is 2. The summed E-state index contributed by atoms with van der Waals surface area (Å²) in [5, 5.41) is 19.0. The van der Waals surface area contributed by atoms with E-state index < -0.39 is 0 Å². The van der Waals surface area contributed by atoms with Gasteiger partial charge in [0.1, 0.15) is 0 Å². The van der Waals surface area contributed by atoms with E-state index in [1.807, 2.05) is 0 Å². The Morgan fingerprint density at radius 2 is 2.08 bits per heavy atom. The van der Waals surface area contributed by atoms with Crippen molar-refractivity contribution >= 4 is 15.9 Å². The van der Waals surface area contributed by atoms with E-state index in [0.29, 0.717) is 5.33 Å². The van der Waals surface area contributed by atoms with E-state index in [4.69, 9.17) is 4.74 Å². The molecule has 0 aliphatic rings. The van der Waals surface area contributed by atoms with Gasteiger partial charge < -0.3 is 14.9 Å². The summed E-state index contributed by atoms with van der Waals surface area (Å²) in [7, 11) is 1.44. The molecule has 1 aromatic carbocycles. The Morgan fingerprint density at radius 1 is 1.42 bits per heavy atom. The third-order valence-corrected chi connectivity index (χ3v) is 2.14. The van der Waals surface area contributed by atoms with E-state index in [1.54, 1.807) is 6.07 Å². The zero-order valence-electron chi connectivity index (χ0n) is 6.54. The monoisotopic (exact) mass is 232 g/mol. The maximum Gasteiger partial charge on any atom is 0.200 e. The smallest absolute Gasteiger partial charge is 0.200 e. The van der Waals surface area contributed by atoms with Crippen molar-refractivity contribution in [1.29, 1.82) is 0 Å². The molecule has 0 aromatic heterocycles.